The molecule has 2 N–H and O–H groups in total. The number of aryl methyl sites for hydroxylation is 2. The van der Waals surface area contributed by atoms with E-state index in [4.69, 9.17) is 0 Å². The molecule has 120 valence electrons. The zero-order valence-corrected chi connectivity index (χ0v) is 13.7. The van der Waals surface area contributed by atoms with Gasteiger partial charge in [0, 0.05) is 11.4 Å². The monoisotopic (exact) mass is 324 g/mol. The number of hydrogen-bond donors (Lipinski definition) is 2. The Morgan fingerprint density at radius 3 is 2.59 bits per heavy atom. The first-order chi connectivity index (χ1) is 10.4. The van der Waals surface area contributed by atoms with E-state index < -0.39 is 11.9 Å². The molecule has 0 bridgehead atoms. The zero-order valence-electron chi connectivity index (χ0n) is 12.9. The van der Waals surface area contributed by atoms with Crippen LogP contribution in [0, 0.1) is 13.8 Å². The van der Waals surface area contributed by atoms with Crippen LogP contribution in [0.1, 0.15) is 17.5 Å². The van der Waals surface area contributed by atoms with Gasteiger partial charge in [-0.1, -0.05) is 17.7 Å². The Kier molecular flexibility index (Phi) is 7.45. The summed E-state index contributed by atoms with van der Waals surface area (Å²) in [6.07, 6.45) is 0.239. The molecule has 0 aliphatic rings. The minimum absolute atomic E-state index is 0.108. The fourth-order valence-corrected chi connectivity index (χ4v) is 2.41. The number of methoxy groups -OCH3 is 1. The average Bonchev–Trinajstić information content (AvgIpc) is 2.46. The highest BCUT2D eigenvalue weighted by Gasteiger charge is 2.10. The molecule has 0 heterocycles. The molecule has 1 aromatic carbocycles. The summed E-state index contributed by atoms with van der Waals surface area (Å²) in [4.78, 5) is 34.2. The van der Waals surface area contributed by atoms with Crippen molar-refractivity contribution in [1.82, 2.24) is 5.32 Å². The third kappa shape index (κ3) is 6.62. The highest BCUT2D eigenvalue weighted by molar-refractivity contribution is 7.99. The van der Waals surface area contributed by atoms with E-state index in [0.717, 1.165) is 11.1 Å². The number of nitrogens with one attached hydrogen (secondary N) is 2. The van der Waals surface area contributed by atoms with Gasteiger partial charge in [-0.3, -0.25) is 14.9 Å². The van der Waals surface area contributed by atoms with Gasteiger partial charge in [-0.25, -0.2) is 4.79 Å². The van der Waals surface area contributed by atoms with Gasteiger partial charge in [0.25, 0.3) is 0 Å². The summed E-state index contributed by atoms with van der Waals surface area (Å²) >= 11 is 1.27. The SMILES string of the molecule is COC(=O)CCSCC(=O)NC(=O)Nc1ccc(C)cc1C. The van der Waals surface area contributed by atoms with Crippen LogP contribution in [0.4, 0.5) is 10.5 Å². The predicted octanol–water partition coefficient (Wildman–Crippen LogP) is 2.25. The zero-order chi connectivity index (χ0) is 16.5. The maximum Gasteiger partial charge on any atom is 0.325 e. The standard InChI is InChI=1S/C15H20N2O4S/c1-10-4-5-12(11(2)8-10)16-15(20)17-13(18)9-22-7-6-14(19)21-3/h4-5,8H,6-7,9H2,1-3H3,(H2,16,17,18,20). The fourth-order valence-electron chi connectivity index (χ4n) is 1.69. The minimum Gasteiger partial charge on any atom is -0.469 e. The Balaban J connectivity index is 2.32. The lowest BCUT2D eigenvalue weighted by Crippen LogP contribution is -2.35. The summed E-state index contributed by atoms with van der Waals surface area (Å²) in [6, 6.07) is 5.05. The number of ether oxygens (including phenoxy) is 1. The number of carbonyl (C=O) groups excluding carboxylic acids is 3. The lowest BCUT2D eigenvalue weighted by molar-refractivity contribution is -0.140. The van der Waals surface area contributed by atoms with Crippen LogP contribution < -0.4 is 10.6 Å². The van der Waals surface area contributed by atoms with Crippen molar-refractivity contribution >= 4 is 35.4 Å². The molecular formula is C15H20N2O4S. The lowest BCUT2D eigenvalue weighted by Gasteiger charge is -2.09. The summed E-state index contributed by atoms with van der Waals surface area (Å²) in [5.74, 6) is -0.145. The normalized spacial score (nSPS) is 9.95. The van der Waals surface area contributed by atoms with Crippen molar-refractivity contribution in [2.45, 2.75) is 20.3 Å². The van der Waals surface area contributed by atoms with E-state index in [9.17, 15) is 14.4 Å². The van der Waals surface area contributed by atoms with E-state index in [2.05, 4.69) is 15.4 Å². The molecule has 0 radical (unpaired) electrons. The molecule has 1 rings (SSSR count). The van der Waals surface area contributed by atoms with Crippen LogP contribution >= 0.6 is 11.8 Å². The third-order valence-electron chi connectivity index (χ3n) is 2.79. The maximum atomic E-state index is 11.7. The van der Waals surface area contributed by atoms with Gasteiger partial charge in [0.2, 0.25) is 5.91 Å². The number of esters is 1. The molecule has 0 spiro atoms. The summed E-state index contributed by atoms with van der Waals surface area (Å²) in [7, 11) is 1.32. The molecule has 0 aromatic heterocycles. The Hall–Kier alpha value is -2.02. The summed E-state index contributed by atoms with van der Waals surface area (Å²) < 4.78 is 4.49. The van der Waals surface area contributed by atoms with Crippen LogP contribution in [0.15, 0.2) is 18.2 Å². The van der Waals surface area contributed by atoms with Gasteiger partial charge < -0.3 is 10.1 Å². The van der Waals surface area contributed by atoms with E-state index in [1.807, 2.05) is 26.0 Å². The molecule has 0 saturated carbocycles. The predicted molar refractivity (Wildman–Crippen MR) is 87.0 cm³/mol. The van der Waals surface area contributed by atoms with Crippen molar-refractivity contribution in [3.05, 3.63) is 29.3 Å². The van der Waals surface area contributed by atoms with E-state index in [-0.39, 0.29) is 18.1 Å². The number of carbonyl (C=O) groups is 3. The minimum atomic E-state index is -0.564. The van der Waals surface area contributed by atoms with Crippen molar-refractivity contribution in [1.29, 1.82) is 0 Å². The summed E-state index contributed by atoms with van der Waals surface area (Å²) in [5.41, 5.74) is 2.69. The van der Waals surface area contributed by atoms with E-state index in [1.165, 1.54) is 18.9 Å². The Labute approximate surface area is 134 Å². The van der Waals surface area contributed by atoms with Crippen LogP contribution in [0.25, 0.3) is 0 Å². The molecule has 0 aliphatic heterocycles. The van der Waals surface area contributed by atoms with Gasteiger partial charge in [0.1, 0.15) is 0 Å². The number of urea groups is 1. The van der Waals surface area contributed by atoms with Crippen LogP contribution in [0.5, 0.6) is 0 Å². The van der Waals surface area contributed by atoms with Crippen LogP contribution in [-0.2, 0) is 14.3 Å². The number of thioether (sulfide) groups is 1. The molecule has 7 heteroatoms. The van der Waals surface area contributed by atoms with Crippen LogP contribution in [0.3, 0.4) is 0 Å². The molecule has 0 fully saturated rings. The average molecular weight is 324 g/mol. The molecule has 6 nitrogen and oxygen atoms in total. The number of anilines is 1. The molecule has 0 atom stereocenters. The van der Waals surface area contributed by atoms with Gasteiger partial charge >= 0.3 is 12.0 Å². The van der Waals surface area contributed by atoms with Crippen molar-refractivity contribution in [3.63, 3.8) is 0 Å². The molecule has 22 heavy (non-hydrogen) atoms. The number of rotatable bonds is 6. The van der Waals surface area contributed by atoms with Crippen molar-refractivity contribution in [2.24, 2.45) is 0 Å². The third-order valence-corrected chi connectivity index (χ3v) is 3.75. The number of amides is 3. The van der Waals surface area contributed by atoms with Gasteiger partial charge in [0.05, 0.1) is 19.3 Å². The first-order valence-electron chi connectivity index (χ1n) is 6.75. The molecule has 0 aliphatic carbocycles. The summed E-state index contributed by atoms with van der Waals surface area (Å²) in [6.45, 7) is 3.85. The van der Waals surface area contributed by atoms with E-state index >= 15 is 0 Å². The highest BCUT2D eigenvalue weighted by atomic mass is 32.2. The second kappa shape index (κ2) is 9.09. The maximum absolute atomic E-state index is 11.7. The smallest absolute Gasteiger partial charge is 0.325 e. The molecule has 1 aromatic rings. The van der Waals surface area contributed by atoms with E-state index in [1.54, 1.807) is 6.07 Å². The number of hydrogen-bond acceptors (Lipinski definition) is 5. The second-order valence-electron chi connectivity index (χ2n) is 4.70. The van der Waals surface area contributed by atoms with Crippen LogP contribution in [0.2, 0.25) is 0 Å². The molecule has 0 saturated heterocycles. The lowest BCUT2D eigenvalue weighted by atomic mass is 10.1. The second-order valence-corrected chi connectivity index (χ2v) is 5.80. The number of benzene rings is 1. The Morgan fingerprint density at radius 1 is 1.23 bits per heavy atom. The quantitative estimate of drug-likeness (QED) is 0.619. The largest absolute Gasteiger partial charge is 0.469 e. The van der Waals surface area contributed by atoms with Gasteiger partial charge in [0.15, 0.2) is 0 Å². The number of imide groups is 1. The molecule has 3 amide bonds. The first-order valence-corrected chi connectivity index (χ1v) is 7.90. The van der Waals surface area contributed by atoms with Gasteiger partial charge in [-0.15, -0.1) is 0 Å². The molecular weight excluding hydrogens is 304 g/mol. The van der Waals surface area contributed by atoms with Crippen molar-refractivity contribution in [3.8, 4) is 0 Å². The topological polar surface area (TPSA) is 84.5 Å². The Morgan fingerprint density at radius 2 is 1.95 bits per heavy atom. The van der Waals surface area contributed by atoms with Crippen molar-refractivity contribution < 1.29 is 19.1 Å². The van der Waals surface area contributed by atoms with E-state index in [0.29, 0.717) is 11.4 Å². The van der Waals surface area contributed by atoms with Gasteiger partial charge in [-0.05, 0) is 25.5 Å². The van der Waals surface area contributed by atoms with Crippen molar-refractivity contribution in [2.75, 3.05) is 23.9 Å². The van der Waals surface area contributed by atoms with Gasteiger partial charge in [-0.2, -0.15) is 11.8 Å². The highest BCUT2D eigenvalue weighted by Crippen LogP contribution is 2.15. The Bertz CT molecular complexity index is 560. The van der Waals surface area contributed by atoms with Crippen LogP contribution in [-0.4, -0.2) is 36.5 Å². The molecule has 0 unspecified atom stereocenters. The summed E-state index contributed by atoms with van der Waals surface area (Å²) in [5, 5.41) is 4.88. The first kappa shape index (κ1) is 18.0. The fraction of sp³-hybridized carbons (Fsp3) is 0.400.